The summed E-state index contributed by atoms with van der Waals surface area (Å²) in [5.74, 6) is 0.329. The molecule has 94 valence electrons. The van der Waals surface area contributed by atoms with Crippen molar-refractivity contribution in [3.05, 3.63) is 58.8 Å². The second kappa shape index (κ2) is 4.85. The van der Waals surface area contributed by atoms with Gasteiger partial charge in [-0.3, -0.25) is 4.79 Å². The van der Waals surface area contributed by atoms with E-state index in [0.717, 1.165) is 15.4 Å². The Morgan fingerprint density at radius 2 is 2.16 bits per heavy atom. The summed E-state index contributed by atoms with van der Waals surface area (Å²) in [6.07, 6.45) is 3.48. The number of anilines is 1. The molecule has 0 saturated carbocycles. The first kappa shape index (κ1) is 11.9. The SMILES string of the molecule is O=C(Nc1ncccc1Br)c1ccc2cc[nH]c2c1. The van der Waals surface area contributed by atoms with E-state index in [-0.39, 0.29) is 5.91 Å². The summed E-state index contributed by atoms with van der Waals surface area (Å²) in [6.45, 7) is 0. The van der Waals surface area contributed by atoms with Crippen LogP contribution in [-0.2, 0) is 0 Å². The molecule has 0 saturated heterocycles. The van der Waals surface area contributed by atoms with E-state index in [1.807, 2.05) is 30.5 Å². The molecule has 3 rings (SSSR count). The fourth-order valence-electron chi connectivity index (χ4n) is 1.85. The highest BCUT2D eigenvalue weighted by atomic mass is 79.9. The van der Waals surface area contributed by atoms with Gasteiger partial charge in [0.1, 0.15) is 5.82 Å². The third-order valence-electron chi connectivity index (χ3n) is 2.81. The number of nitrogens with zero attached hydrogens (tertiary/aromatic N) is 1. The van der Waals surface area contributed by atoms with Crippen molar-refractivity contribution in [2.45, 2.75) is 0 Å². The van der Waals surface area contributed by atoms with E-state index in [1.165, 1.54) is 0 Å². The molecule has 0 fully saturated rings. The van der Waals surface area contributed by atoms with Gasteiger partial charge in [0.25, 0.3) is 5.91 Å². The van der Waals surface area contributed by atoms with Crippen LogP contribution in [0.5, 0.6) is 0 Å². The summed E-state index contributed by atoms with van der Waals surface area (Å²) in [7, 11) is 0. The Kier molecular flexibility index (Phi) is 3.05. The molecule has 4 nitrogen and oxygen atoms in total. The van der Waals surface area contributed by atoms with E-state index in [1.54, 1.807) is 18.3 Å². The topological polar surface area (TPSA) is 57.8 Å². The number of H-pyrrole nitrogens is 1. The van der Waals surface area contributed by atoms with Crippen LogP contribution in [0.3, 0.4) is 0 Å². The highest BCUT2D eigenvalue weighted by Gasteiger charge is 2.09. The molecule has 0 aliphatic heterocycles. The number of amides is 1. The fourth-order valence-corrected chi connectivity index (χ4v) is 2.20. The van der Waals surface area contributed by atoms with Gasteiger partial charge in [-0.25, -0.2) is 4.98 Å². The number of halogens is 1. The van der Waals surface area contributed by atoms with Gasteiger partial charge in [-0.1, -0.05) is 6.07 Å². The first-order valence-corrected chi connectivity index (χ1v) is 6.52. The number of hydrogen-bond donors (Lipinski definition) is 2. The van der Waals surface area contributed by atoms with Crippen LogP contribution in [0.25, 0.3) is 10.9 Å². The third kappa shape index (κ3) is 2.37. The minimum Gasteiger partial charge on any atom is -0.361 e. The lowest BCUT2D eigenvalue weighted by Crippen LogP contribution is -2.13. The Balaban J connectivity index is 1.89. The van der Waals surface area contributed by atoms with Gasteiger partial charge in [0.2, 0.25) is 0 Å². The zero-order valence-electron chi connectivity index (χ0n) is 9.85. The first-order chi connectivity index (χ1) is 9.24. The number of carbonyl (C=O) groups excluding carboxylic acids is 1. The summed E-state index contributed by atoms with van der Waals surface area (Å²) >= 11 is 3.35. The molecule has 0 unspecified atom stereocenters. The summed E-state index contributed by atoms with van der Waals surface area (Å²) in [5, 5.41) is 3.85. The molecule has 0 aliphatic rings. The van der Waals surface area contributed by atoms with Crippen molar-refractivity contribution in [3.63, 3.8) is 0 Å². The highest BCUT2D eigenvalue weighted by Crippen LogP contribution is 2.20. The smallest absolute Gasteiger partial charge is 0.256 e. The van der Waals surface area contributed by atoms with Crippen LogP contribution in [-0.4, -0.2) is 15.9 Å². The molecule has 0 radical (unpaired) electrons. The molecular weight excluding hydrogens is 306 g/mol. The zero-order valence-corrected chi connectivity index (χ0v) is 11.4. The molecule has 0 atom stereocenters. The van der Waals surface area contributed by atoms with Crippen LogP contribution >= 0.6 is 15.9 Å². The molecule has 0 spiro atoms. The predicted molar refractivity (Wildman–Crippen MR) is 78.2 cm³/mol. The Morgan fingerprint density at radius 3 is 3.00 bits per heavy atom. The number of hydrogen-bond acceptors (Lipinski definition) is 2. The maximum Gasteiger partial charge on any atom is 0.256 e. The molecule has 2 N–H and O–H groups in total. The van der Waals surface area contributed by atoms with Gasteiger partial charge in [0.05, 0.1) is 4.47 Å². The third-order valence-corrected chi connectivity index (χ3v) is 3.45. The van der Waals surface area contributed by atoms with Gasteiger partial charge < -0.3 is 10.3 Å². The molecular formula is C14H10BrN3O. The van der Waals surface area contributed by atoms with Crippen LogP contribution in [0.1, 0.15) is 10.4 Å². The number of carbonyl (C=O) groups is 1. The Morgan fingerprint density at radius 1 is 1.26 bits per heavy atom. The maximum atomic E-state index is 12.1. The van der Waals surface area contributed by atoms with E-state index in [0.29, 0.717) is 11.4 Å². The van der Waals surface area contributed by atoms with Crippen molar-refractivity contribution >= 4 is 38.6 Å². The van der Waals surface area contributed by atoms with Crippen molar-refractivity contribution in [2.75, 3.05) is 5.32 Å². The van der Waals surface area contributed by atoms with Gasteiger partial charge in [0.15, 0.2) is 0 Å². The van der Waals surface area contributed by atoms with Gasteiger partial charge in [-0.15, -0.1) is 0 Å². The number of rotatable bonds is 2. The lowest BCUT2D eigenvalue weighted by molar-refractivity contribution is 0.102. The standard InChI is InChI=1S/C14H10BrN3O/c15-11-2-1-6-17-13(11)18-14(19)10-4-3-9-5-7-16-12(9)8-10/h1-8,16H,(H,17,18,19). The van der Waals surface area contributed by atoms with Crippen molar-refractivity contribution in [1.82, 2.24) is 9.97 Å². The molecule has 0 aliphatic carbocycles. The predicted octanol–water partition coefficient (Wildman–Crippen LogP) is 3.58. The minimum absolute atomic E-state index is 0.184. The average Bonchev–Trinajstić information content (AvgIpc) is 2.88. The van der Waals surface area contributed by atoms with Crippen LogP contribution in [0, 0.1) is 0 Å². The van der Waals surface area contributed by atoms with Crippen molar-refractivity contribution in [1.29, 1.82) is 0 Å². The van der Waals surface area contributed by atoms with Crippen LogP contribution < -0.4 is 5.32 Å². The van der Waals surface area contributed by atoms with E-state index < -0.39 is 0 Å². The average molecular weight is 316 g/mol. The molecule has 1 amide bonds. The quantitative estimate of drug-likeness (QED) is 0.759. The van der Waals surface area contributed by atoms with Crippen molar-refractivity contribution < 1.29 is 4.79 Å². The molecule has 2 aromatic heterocycles. The molecule has 3 aromatic rings. The van der Waals surface area contributed by atoms with E-state index in [4.69, 9.17) is 0 Å². The molecule has 19 heavy (non-hydrogen) atoms. The number of benzene rings is 1. The normalized spacial score (nSPS) is 10.6. The highest BCUT2D eigenvalue weighted by molar-refractivity contribution is 9.10. The monoisotopic (exact) mass is 315 g/mol. The number of fused-ring (bicyclic) bond motifs is 1. The number of nitrogens with one attached hydrogen (secondary N) is 2. The van der Waals surface area contributed by atoms with Gasteiger partial charge in [-0.05, 0) is 51.6 Å². The summed E-state index contributed by atoms with van der Waals surface area (Å²) in [6, 6.07) is 11.1. The fraction of sp³-hybridized carbons (Fsp3) is 0. The molecule has 2 heterocycles. The number of aromatic amines is 1. The minimum atomic E-state index is -0.184. The maximum absolute atomic E-state index is 12.1. The lowest BCUT2D eigenvalue weighted by Gasteiger charge is -2.06. The molecule has 5 heteroatoms. The van der Waals surface area contributed by atoms with Gasteiger partial charge in [0, 0.05) is 23.5 Å². The first-order valence-electron chi connectivity index (χ1n) is 5.73. The van der Waals surface area contributed by atoms with Crippen molar-refractivity contribution in [2.24, 2.45) is 0 Å². The van der Waals surface area contributed by atoms with E-state index in [2.05, 4.69) is 31.2 Å². The van der Waals surface area contributed by atoms with E-state index in [9.17, 15) is 4.79 Å². The zero-order chi connectivity index (χ0) is 13.2. The van der Waals surface area contributed by atoms with Gasteiger partial charge in [-0.2, -0.15) is 0 Å². The van der Waals surface area contributed by atoms with Crippen LogP contribution in [0.2, 0.25) is 0 Å². The number of aromatic nitrogens is 2. The van der Waals surface area contributed by atoms with Crippen molar-refractivity contribution in [3.8, 4) is 0 Å². The van der Waals surface area contributed by atoms with Crippen LogP contribution in [0.4, 0.5) is 5.82 Å². The molecule has 1 aromatic carbocycles. The van der Waals surface area contributed by atoms with Crippen LogP contribution in [0.15, 0.2) is 53.3 Å². The lowest BCUT2D eigenvalue weighted by atomic mass is 10.1. The van der Waals surface area contributed by atoms with Gasteiger partial charge >= 0.3 is 0 Å². The summed E-state index contributed by atoms with van der Waals surface area (Å²) in [5.41, 5.74) is 1.53. The largest absolute Gasteiger partial charge is 0.361 e. The Bertz CT molecular complexity index is 751. The van der Waals surface area contributed by atoms with E-state index >= 15 is 0 Å². The Hall–Kier alpha value is -2.14. The summed E-state index contributed by atoms with van der Waals surface area (Å²) < 4.78 is 0.754. The second-order valence-electron chi connectivity index (χ2n) is 4.07. The molecule has 0 bridgehead atoms. The Labute approximate surface area is 118 Å². The number of pyridine rings is 1. The second-order valence-corrected chi connectivity index (χ2v) is 4.92. The summed E-state index contributed by atoms with van der Waals surface area (Å²) in [4.78, 5) is 19.3.